The first kappa shape index (κ1) is 21.7. The number of carbonyl (C=O) groups is 2. The molecule has 2 aromatic rings. The topological polar surface area (TPSA) is 64.4 Å². The van der Waals surface area contributed by atoms with Gasteiger partial charge in [0.1, 0.15) is 0 Å². The molecular formula is C21H21Cl2N3O2. The minimum Gasteiger partial charge on any atom is -0.341 e. The third-order valence-electron chi connectivity index (χ3n) is 4.23. The molecular weight excluding hydrogens is 397 g/mol. The highest BCUT2D eigenvalue weighted by Crippen LogP contribution is 2.26. The highest BCUT2D eigenvalue weighted by molar-refractivity contribution is 6.42. The normalized spacial score (nSPS) is 10.2. The van der Waals surface area contributed by atoms with Crippen molar-refractivity contribution in [1.82, 2.24) is 4.90 Å². The maximum absolute atomic E-state index is 12.6. The van der Waals surface area contributed by atoms with E-state index in [2.05, 4.69) is 6.07 Å². The van der Waals surface area contributed by atoms with Crippen LogP contribution in [0.25, 0.3) is 0 Å². The molecule has 7 heteroatoms. The maximum Gasteiger partial charge on any atom is 0.227 e. The van der Waals surface area contributed by atoms with Gasteiger partial charge in [0.15, 0.2) is 0 Å². The summed E-state index contributed by atoms with van der Waals surface area (Å²) in [5, 5.41) is 9.71. The lowest BCUT2D eigenvalue weighted by molar-refractivity contribution is -0.132. The van der Waals surface area contributed by atoms with Gasteiger partial charge in [0.2, 0.25) is 11.8 Å². The van der Waals surface area contributed by atoms with E-state index >= 15 is 0 Å². The first-order valence-corrected chi connectivity index (χ1v) is 9.59. The largest absolute Gasteiger partial charge is 0.341 e. The lowest BCUT2D eigenvalue weighted by Crippen LogP contribution is -2.33. The molecule has 146 valence electrons. The standard InChI is InChI=1S/C21H21Cl2N3O2/c1-25(15-16-7-5-10-18(22)21(16)23)19(27)11-12-20(28)26(14-6-13-24)17-8-3-2-4-9-17/h2-5,7-10H,6,11-12,14-15H2,1H3. The summed E-state index contributed by atoms with van der Waals surface area (Å²) in [5.41, 5.74) is 1.46. The Labute approximate surface area is 175 Å². The van der Waals surface area contributed by atoms with Crippen LogP contribution in [0.1, 0.15) is 24.8 Å². The van der Waals surface area contributed by atoms with E-state index in [9.17, 15) is 9.59 Å². The van der Waals surface area contributed by atoms with Crippen LogP contribution in [0, 0.1) is 11.3 Å². The molecule has 2 rings (SSSR count). The molecule has 0 saturated carbocycles. The van der Waals surface area contributed by atoms with Gasteiger partial charge in [-0.1, -0.05) is 53.5 Å². The van der Waals surface area contributed by atoms with E-state index in [1.807, 2.05) is 36.4 Å². The molecule has 0 aliphatic rings. The van der Waals surface area contributed by atoms with E-state index < -0.39 is 0 Å². The average Bonchev–Trinajstić information content (AvgIpc) is 2.70. The Morgan fingerprint density at radius 2 is 1.68 bits per heavy atom. The van der Waals surface area contributed by atoms with Crippen LogP contribution in [0.2, 0.25) is 10.0 Å². The van der Waals surface area contributed by atoms with E-state index in [0.29, 0.717) is 28.8 Å². The number of para-hydroxylation sites is 1. The van der Waals surface area contributed by atoms with Crippen molar-refractivity contribution in [2.75, 3.05) is 18.5 Å². The van der Waals surface area contributed by atoms with E-state index in [1.165, 1.54) is 4.90 Å². The molecule has 5 nitrogen and oxygen atoms in total. The van der Waals surface area contributed by atoms with Crippen molar-refractivity contribution in [3.05, 3.63) is 64.1 Å². The quantitative estimate of drug-likeness (QED) is 0.626. The monoisotopic (exact) mass is 417 g/mol. The van der Waals surface area contributed by atoms with Gasteiger partial charge in [0.05, 0.1) is 22.5 Å². The number of amides is 2. The summed E-state index contributed by atoms with van der Waals surface area (Å²) in [5.74, 6) is -0.360. The molecule has 0 heterocycles. The number of nitriles is 1. The molecule has 0 fully saturated rings. The Balaban J connectivity index is 1.96. The van der Waals surface area contributed by atoms with Crippen molar-refractivity contribution in [2.45, 2.75) is 25.8 Å². The minimum absolute atomic E-state index is 0.0623. The van der Waals surface area contributed by atoms with Crippen molar-refractivity contribution in [1.29, 1.82) is 5.26 Å². The lowest BCUT2D eigenvalue weighted by atomic mass is 10.2. The Morgan fingerprint density at radius 3 is 2.36 bits per heavy atom. The minimum atomic E-state index is -0.191. The Morgan fingerprint density at radius 1 is 1.00 bits per heavy atom. The molecule has 0 N–H and O–H groups in total. The molecule has 2 aromatic carbocycles. The van der Waals surface area contributed by atoms with Gasteiger partial charge in [-0.25, -0.2) is 0 Å². The summed E-state index contributed by atoms with van der Waals surface area (Å²) in [6.45, 7) is 0.602. The summed E-state index contributed by atoms with van der Waals surface area (Å²) >= 11 is 12.2. The van der Waals surface area contributed by atoms with Crippen LogP contribution in [0.15, 0.2) is 48.5 Å². The summed E-state index contributed by atoms with van der Waals surface area (Å²) in [4.78, 5) is 28.2. The number of hydrogen-bond acceptors (Lipinski definition) is 3. The van der Waals surface area contributed by atoms with Crippen LogP contribution in [-0.2, 0) is 16.1 Å². The average molecular weight is 418 g/mol. The van der Waals surface area contributed by atoms with Crippen LogP contribution in [0.4, 0.5) is 5.69 Å². The van der Waals surface area contributed by atoms with E-state index in [0.717, 1.165) is 5.56 Å². The van der Waals surface area contributed by atoms with Gasteiger partial charge in [-0.3, -0.25) is 9.59 Å². The van der Waals surface area contributed by atoms with Gasteiger partial charge in [-0.15, -0.1) is 0 Å². The second-order valence-corrected chi connectivity index (χ2v) is 7.04. The maximum atomic E-state index is 12.6. The number of halogens is 2. The molecule has 0 spiro atoms. The summed E-state index contributed by atoms with van der Waals surface area (Å²) in [7, 11) is 1.66. The molecule has 0 aliphatic heterocycles. The summed E-state index contributed by atoms with van der Waals surface area (Å²) < 4.78 is 0. The summed E-state index contributed by atoms with van der Waals surface area (Å²) in [6.07, 6.45) is 0.359. The second-order valence-electron chi connectivity index (χ2n) is 6.25. The highest BCUT2D eigenvalue weighted by atomic mass is 35.5. The number of nitrogens with zero attached hydrogens (tertiary/aromatic N) is 3. The van der Waals surface area contributed by atoms with Gasteiger partial charge in [0.25, 0.3) is 0 Å². The van der Waals surface area contributed by atoms with Gasteiger partial charge in [-0.05, 0) is 23.8 Å². The van der Waals surface area contributed by atoms with Crippen LogP contribution in [0.3, 0.4) is 0 Å². The van der Waals surface area contributed by atoms with E-state index in [1.54, 1.807) is 24.1 Å². The molecule has 0 atom stereocenters. The zero-order valence-corrected chi connectivity index (χ0v) is 17.1. The van der Waals surface area contributed by atoms with Crippen molar-refractivity contribution in [2.24, 2.45) is 0 Å². The highest BCUT2D eigenvalue weighted by Gasteiger charge is 2.18. The Bertz CT molecular complexity index is 866. The number of benzene rings is 2. The lowest BCUT2D eigenvalue weighted by Gasteiger charge is -2.23. The van der Waals surface area contributed by atoms with Gasteiger partial charge in [-0.2, -0.15) is 5.26 Å². The fraction of sp³-hybridized carbons (Fsp3) is 0.286. The Kier molecular flexibility index (Phi) is 8.31. The van der Waals surface area contributed by atoms with Crippen LogP contribution in [0.5, 0.6) is 0 Å². The van der Waals surface area contributed by atoms with Crippen molar-refractivity contribution in [3.8, 4) is 6.07 Å². The van der Waals surface area contributed by atoms with Gasteiger partial charge in [0, 0.05) is 38.7 Å². The first-order valence-electron chi connectivity index (χ1n) is 8.83. The van der Waals surface area contributed by atoms with Crippen molar-refractivity contribution >= 4 is 40.7 Å². The summed E-state index contributed by atoms with van der Waals surface area (Å²) in [6, 6.07) is 16.5. The van der Waals surface area contributed by atoms with Crippen molar-refractivity contribution < 1.29 is 9.59 Å². The van der Waals surface area contributed by atoms with Crippen LogP contribution >= 0.6 is 23.2 Å². The van der Waals surface area contributed by atoms with Crippen LogP contribution < -0.4 is 4.90 Å². The number of anilines is 1. The zero-order valence-electron chi connectivity index (χ0n) is 15.6. The van der Waals surface area contributed by atoms with Gasteiger partial charge >= 0.3 is 0 Å². The fourth-order valence-electron chi connectivity index (χ4n) is 2.72. The molecule has 0 aromatic heterocycles. The fourth-order valence-corrected chi connectivity index (χ4v) is 3.10. The number of hydrogen-bond donors (Lipinski definition) is 0. The molecule has 2 amide bonds. The molecule has 0 unspecified atom stereocenters. The molecule has 28 heavy (non-hydrogen) atoms. The molecule has 0 aliphatic carbocycles. The van der Waals surface area contributed by atoms with Crippen molar-refractivity contribution in [3.63, 3.8) is 0 Å². The third-order valence-corrected chi connectivity index (χ3v) is 5.09. The second kappa shape index (κ2) is 10.7. The van der Waals surface area contributed by atoms with E-state index in [-0.39, 0.29) is 31.1 Å². The molecule has 0 saturated heterocycles. The third kappa shape index (κ3) is 5.98. The smallest absolute Gasteiger partial charge is 0.227 e. The van der Waals surface area contributed by atoms with Gasteiger partial charge < -0.3 is 9.80 Å². The SMILES string of the molecule is CN(Cc1cccc(Cl)c1Cl)C(=O)CCC(=O)N(CCC#N)c1ccccc1. The zero-order chi connectivity index (χ0) is 20.5. The van der Waals surface area contributed by atoms with Crippen LogP contribution in [-0.4, -0.2) is 30.3 Å². The predicted octanol–water partition coefficient (Wildman–Crippen LogP) is 4.68. The number of rotatable bonds is 8. The number of carbonyl (C=O) groups excluding carboxylic acids is 2. The van der Waals surface area contributed by atoms with E-state index in [4.69, 9.17) is 28.5 Å². The Hall–Kier alpha value is -2.55. The molecule has 0 radical (unpaired) electrons. The first-order chi connectivity index (χ1) is 13.4. The predicted molar refractivity (Wildman–Crippen MR) is 111 cm³/mol. The molecule has 0 bridgehead atoms.